The SMILES string of the molecule is C=CCn1c(SCC(=O)N2CCNC2=O)nnc1-c1ccco1. The third-order valence-electron chi connectivity index (χ3n) is 3.25. The molecule has 120 valence electrons. The van der Waals surface area contributed by atoms with Crippen LogP contribution in [0.1, 0.15) is 0 Å². The zero-order valence-electron chi connectivity index (χ0n) is 12.3. The van der Waals surface area contributed by atoms with Gasteiger partial charge in [0.25, 0.3) is 0 Å². The zero-order valence-corrected chi connectivity index (χ0v) is 13.1. The van der Waals surface area contributed by atoms with Gasteiger partial charge in [0, 0.05) is 19.6 Å². The van der Waals surface area contributed by atoms with E-state index in [-0.39, 0.29) is 17.7 Å². The Morgan fingerprint density at radius 2 is 2.39 bits per heavy atom. The molecule has 1 saturated heterocycles. The van der Waals surface area contributed by atoms with Crippen molar-refractivity contribution < 1.29 is 14.0 Å². The maximum absolute atomic E-state index is 12.1. The van der Waals surface area contributed by atoms with E-state index in [4.69, 9.17) is 4.42 Å². The van der Waals surface area contributed by atoms with Gasteiger partial charge in [-0.15, -0.1) is 16.8 Å². The number of allylic oxidation sites excluding steroid dienone is 1. The maximum atomic E-state index is 12.1. The van der Waals surface area contributed by atoms with E-state index in [0.29, 0.717) is 36.4 Å². The van der Waals surface area contributed by atoms with Gasteiger partial charge in [-0.25, -0.2) is 4.79 Å². The average Bonchev–Trinajstić information content (AvgIpc) is 3.26. The Bertz CT molecular complexity index is 725. The van der Waals surface area contributed by atoms with E-state index in [1.54, 1.807) is 24.5 Å². The van der Waals surface area contributed by atoms with E-state index < -0.39 is 0 Å². The molecule has 1 aliphatic rings. The van der Waals surface area contributed by atoms with Crippen molar-refractivity contribution in [3.05, 3.63) is 31.1 Å². The van der Waals surface area contributed by atoms with E-state index >= 15 is 0 Å². The molecule has 0 bridgehead atoms. The van der Waals surface area contributed by atoms with Crippen LogP contribution >= 0.6 is 11.8 Å². The number of rotatable bonds is 6. The predicted octanol–water partition coefficient (Wildman–Crippen LogP) is 1.37. The van der Waals surface area contributed by atoms with Crippen LogP contribution in [0.5, 0.6) is 0 Å². The number of furan rings is 1. The highest BCUT2D eigenvalue weighted by Gasteiger charge is 2.26. The van der Waals surface area contributed by atoms with Crippen molar-refractivity contribution >= 4 is 23.7 Å². The van der Waals surface area contributed by atoms with Gasteiger partial charge in [0.05, 0.1) is 12.0 Å². The van der Waals surface area contributed by atoms with Crippen LogP contribution in [0, 0.1) is 0 Å². The van der Waals surface area contributed by atoms with Crippen LogP contribution in [-0.2, 0) is 11.3 Å². The summed E-state index contributed by atoms with van der Waals surface area (Å²) in [6, 6.07) is 3.21. The fourth-order valence-electron chi connectivity index (χ4n) is 2.19. The normalized spacial score (nSPS) is 14.1. The number of imide groups is 1. The zero-order chi connectivity index (χ0) is 16.2. The second-order valence-corrected chi connectivity index (χ2v) is 5.69. The summed E-state index contributed by atoms with van der Waals surface area (Å²) in [5, 5.41) is 11.4. The van der Waals surface area contributed by atoms with Crippen LogP contribution in [0.25, 0.3) is 11.6 Å². The molecule has 1 N–H and O–H groups in total. The second-order valence-electron chi connectivity index (χ2n) is 4.75. The number of urea groups is 1. The molecule has 0 atom stereocenters. The predicted molar refractivity (Wildman–Crippen MR) is 83.8 cm³/mol. The van der Waals surface area contributed by atoms with Crippen LogP contribution in [0.2, 0.25) is 0 Å². The molecule has 1 fully saturated rings. The average molecular weight is 333 g/mol. The van der Waals surface area contributed by atoms with Gasteiger partial charge in [-0.05, 0) is 12.1 Å². The first-order chi connectivity index (χ1) is 11.2. The smallest absolute Gasteiger partial charge is 0.324 e. The van der Waals surface area contributed by atoms with E-state index in [2.05, 4.69) is 22.1 Å². The van der Waals surface area contributed by atoms with Gasteiger partial charge in [-0.1, -0.05) is 17.8 Å². The van der Waals surface area contributed by atoms with Gasteiger partial charge < -0.3 is 9.73 Å². The highest BCUT2D eigenvalue weighted by molar-refractivity contribution is 7.99. The summed E-state index contributed by atoms with van der Waals surface area (Å²) < 4.78 is 7.16. The highest BCUT2D eigenvalue weighted by Crippen LogP contribution is 2.24. The molecule has 0 aromatic carbocycles. The highest BCUT2D eigenvalue weighted by atomic mass is 32.2. The van der Waals surface area contributed by atoms with Crippen LogP contribution < -0.4 is 5.32 Å². The Kier molecular flexibility index (Phi) is 4.47. The van der Waals surface area contributed by atoms with Gasteiger partial charge in [0.2, 0.25) is 11.7 Å². The fraction of sp³-hybridized carbons (Fsp3) is 0.286. The van der Waals surface area contributed by atoms with Crippen LogP contribution in [0.4, 0.5) is 4.79 Å². The molecule has 3 amide bonds. The summed E-state index contributed by atoms with van der Waals surface area (Å²) in [6.45, 7) is 5.10. The van der Waals surface area contributed by atoms with Crippen molar-refractivity contribution in [3.63, 3.8) is 0 Å². The van der Waals surface area contributed by atoms with Gasteiger partial charge >= 0.3 is 6.03 Å². The monoisotopic (exact) mass is 333 g/mol. The molecule has 2 aromatic rings. The molecule has 0 radical (unpaired) electrons. The summed E-state index contributed by atoms with van der Waals surface area (Å²) in [5.41, 5.74) is 0. The Labute approximate surface area is 136 Å². The Morgan fingerprint density at radius 1 is 1.52 bits per heavy atom. The molecule has 8 nitrogen and oxygen atoms in total. The third kappa shape index (κ3) is 3.14. The number of carbonyl (C=O) groups excluding carboxylic acids is 2. The number of aromatic nitrogens is 3. The minimum atomic E-state index is -0.348. The van der Waals surface area contributed by atoms with Crippen molar-refractivity contribution in [2.24, 2.45) is 0 Å². The number of carbonyl (C=O) groups is 2. The van der Waals surface area contributed by atoms with Crippen molar-refractivity contribution in [2.45, 2.75) is 11.7 Å². The van der Waals surface area contributed by atoms with Crippen molar-refractivity contribution in [2.75, 3.05) is 18.8 Å². The fourth-order valence-corrected chi connectivity index (χ4v) is 3.01. The minimum Gasteiger partial charge on any atom is -0.461 e. The number of hydrogen-bond donors (Lipinski definition) is 1. The van der Waals surface area contributed by atoms with Crippen LogP contribution in [0.15, 0.2) is 40.6 Å². The quantitative estimate of drug-likeness (QED) is 0.634. The summed E-state index contributed by atoms with van der Waals surface area (Å²) >= 11 is 1.23. The van der Waals surface area contributed by atoms with Crippen molar-refractivity contribution in [1.82, 2.24) is 25.0 Å². The molecule has 3 heterocycles. The topological polar surface area (TPSA) is 93.3 Å². The number of thioether (sulfide) groups is 1. The Hall–Kier alpha value is -2.55. The molecule has 1 aliphatic heterocycles. The maximum Gasteiger partial charge on any atom is 0.324 e. The number of hydrogen-bond acceptors (Lipinski definition) is 6. The van der Waals surface area contributed by atoms with Gasteiger partial charge in [-0.3, -0.25) is 14.3 Å². The Balaban J connectivity index is 1.74. The molecule has 3 rings (SSSR count). The van der Waals surface area contributed by atoms with E-state index in [9.17, 15) is 9.59 Å². The summed E-state index contributed by atoms with van der Waals surface area (Å²) in [7, 11) is 0. The lowest BCUT2D eigenvalue weighted by atomic mass is 10.4. The van der Waals surface area contributed by atoms with Gasteiger partial charge in [0.1, 0.15) is 0 Å². The molecule has 0 aliphatic carbocycles. The molecule has 0 spiro atoms. The first kappa shape index (κ1) is 15.3. The lowest BCUT2D eigenvalue weighted by molar-refractivity contribution is -0.124. The number of nitrogens with zero attached hydrogens (tertiary/aromatic N) is 4. The molecule has 9 heteroatoms. The summed E-state index contributed by atoms with van der Waals surface area (Å²) in [4.78, 5) is 24.8. The molecule has 23 heavy (non-hydrogen) atoms. The molecule has 2 aromatic heterocycles. The summed E-state index contributed by atoms with van der Waals surface area (Å²) in [5.74, 6) is 1.03. The first-order valence-corrected chi connectivity index (χ1v) is 7.98. The van der Waals surface area contributed by atoms with E-state index in [1.807, 2.05) is 4.57 Å². The number of amides is 3. The van der Waals surface area contributed by atoms with Crippen LogP contribution in [0.3, 0.4) is 0 Å². The molecular weight excluding hydrogens is 318 g/mol. The third-order valence-corrected chi connectivity index (χ3v) is 4.20. The molecule has 0 saturated carbocycles. The largest absolute Gasteiger partial charge is 0.461 e. The van der Waals surface area contributed by atoms with Gasteiger partial charge in [0.15, 0.2) is 10.9 Å². The second kappa shape index (κ2) is 6.69. The van der Waals surface area contributed by atoms with Crippen molar-refractivity contribution in [1.29, 1.82) is 0 Å². The van der Waals surface area contributed by atoms with Crippen LogP contribution in [-0.4, -0.2) is 50.4 Å². The van der Waals surface area contributed by atoms with E-state index in [0.717, 1.165) is 0 Å². The first-order valence-electron chi connectivity index (χ1n) is 6.99. The van der Waals surface area contributed by atoms with Gasteiger partial charge in [-0.2, -0.15) is 0 Å². The molecule has 0 unspecified atom stereocenters. The molecular formula is C14H15N5O3S. The minimum absolute atomic E-state index is 0.112. The van der Waals surface area contributed by atoms with E-state index in [1.165, 1.54) is 16.7 Å². The lowest BCUT2D eigenvalue weighted by Crippen LogP contribution is -2.35. The standard InChI is InChI=1S/C14H15N5O3S/c1-2-6-19-12(10-4-3-8-22-10)16-17-14(19)23-9-11(20)18-7-5-15-13(18)21/h2-4,8H,1,5-7,9H2,(H,15,21). The summed E-state index contributed by atoms with van der Waals surface area (Å²) in [6.07, 6.45) is 3.28. The number of nitrogens with one attached hydrogen (secondary N) is 1. The lowest BCUT2D eigenvalue weighted by Gasteiger charge is -2.11. The Morgan fingerprint density at radius 3 is 3.04 bits per heavy atom. The van der Waals surface area contributed by atoms with Crippen molar-refractivity contribution in [3.8, 4) is 11.6 Å².